The van der Waals surface area contributed by atoms with Gasteiger partial charge in [0.25, 0.3) is 6.43 Å². The molecule has 1 aliphatic heterocycles. The van der Waals surface area contributed by atoms with Gasteiger partial charge in [0.05, 0.1) is 11.6 Å². The molecule has 2 amide bonds. The third-order valence-electron chi connectivity index (χ3n) is 3.17. The smallest absolute Gasteiger partial charge is 0.324 e. The second kappa shape index (κ2) is 5.57. The third kappa shape index (κ3) is 3.21. The van der Waals surface area contributed by atoms with Crippen molar-refractivity contribution in [3.8, 4) is 0 Å². The molecular weight excluding hydrogens is 290 g/mol. The molecule has 1 saturated heterocycles. The first-order valence-electron chi connectivity index (χ1n) is 6.20. The quantitative estimate of drug-likeness (QED) is 0.897. The van der Waals surface area contributed by atoms with Gasteiger partial charge in [0.1, 0.15) is 0 Å². The molecule has 9 heteroatoms. The van der Waals surface area contributed by atoms with Crippen LogP contribution in [0, 0.1) is 0 Å². The van der Waals surface area contributed by atoms with Gasteiger partial charge in [-0.2, -0.15) is 0 Å². The lowest BCUT2D eigenvalue weighted by atomic mass is 9.97. The third-order valence-corrected chi connectivity index (χ3v) is 4.02. The number of aromatic nitrogens is 2. The van der Waals surface area contributed by atoms with Crippen molar-refractivity contribution < 1.29 is 18.7 Å². The van der Waals surface area contributed by atoms with E-state index in [0.29, 0.717) is 24.3 Å². The normalized spacial score (nSPS) is 19.7. The Balaban J connectivity index is 2.04. The maximum atomic E-state index is 12.4. The van der Waals surface area contributed by atoms with Gasteiger partial charge in [-0.3, -0.25) is 5.32 Å². The molecular formula is C11H16F2N4O2S. The molecule has 0 spiro atoms. The predicted molar refractivity (Wildman–Crippen MR) is 69.9 cm³/mol. The molecule has 0 saturated carbocycles. The van der Waals surface area contributed by atoms with E-state index in [9.17, 15) is 18.7 Å². The standard InChI is InChI=1S/C11H16F2N4O2S/c1-11(2,19)6-4-3-5-17(6)10(18)14-9-16-15-8(20-9)7(12)13/h6-7,19H,3-5H2,1-2H3,(H,14,16,18). The highest BCUT2D eigenvalue weighted by Crippen LogP contribution is 2.29. The van der Waals surface area contributed by atoms with Gasteiger partial charge in [0.2, 0.25) is 5.13 Å². The minimum absolute atomic E-state index is 0.0340. The molecule has 2 N–H and O–H groups in total. The van der Waals surface area contributed by atoms with E-state index < -0.39 is 23.1 Å². The number of aliphatic hydroxyl groups is 1. The zero-order chi connectivity index (χ0) is 14.9. The van der Waals surface area contributed by atoms with Crippen LogP contribution in [-0.2, 0) is 0 Å². The van der Waals surface area contributed by atoms with Crippen molar-refractivity contribution in [3.05, 3.63) is 5.01 Å². The maximum Gasteiger partial charge on any atom is 0.324 e. The molecule has 0 bridgehead atoms. The largest absolute Gasteiger partial charge is 0.388 e. The number of likely N-dealkylation sites (tertiary alicyclic amines) is 1. The van der Waals surface area contributed by atoms with Crippen molar-refractivity contribution in [2.45, 2.75) is 44.8 Å². The summed E-state index contributed by atoms with van der Waals surface area (Å²) < 4.78 is 24.8. The molecule has 112 valence electrons. The molecule has 0 aliphatic carbocycles. The molecule has 0 aromatic carbocycles. The molecule has 1 aromatic heterocycles. The van der Waals surface area contributed by atoms with E-state index in [1.165, 1.54) is 4.90 Å². The van der Waals surface area contributed by atoms with Gasteiger partial charge in [-0.25, -0.2) is 13.6 Å². The molecule has 1 aliphatic rings. The molecule has 0 radical (unpaired) electrons. The number of anilines is 1. The van der Waals surface area contributed by atoms with E-state index in [4.69, 9.17) is 0 Å². The number of nitrogens with zero attached hydrogens (tertiary/aromatic N) is 3. The summed E-state index contributed by atoms with van der Waals surface area (Å²) in [5.41, 5.74) is -1.01. The lowest BCUT2D eigenvalue weighted by Crippen LogP contribution is -2.49. The summed E-state index contributed by atoms with van der Waals surface area (Å²) in [5, 5.41) is 18.9. The lowest BCUT2D eigenvalue weighted by Gasteiger charge is -2.33. The number of hydrogen-bond donors (Lipinski definition) is 2. The summed E-state index contributed by atoms with van der Waals surface area (Å²) in [4.78, 5) is 13.6. The Bertz CT molecular complexity index is 489. The number of carbonyl (C=O) groups excluding carboxylic acids is 1. The SMILES string of the molecule is CC(C)(O)C1CCCN1C(=O)Nc1nnc(C(F)F)s1. The van der Waals surface area contributed by atoms with Crippen LogP contribution < -0.4 is 5.32 Å². The molecule has 1 fully saturated rings. The van der Waals surface area contributed by atoms with Crippen LogP contribution >= 0.6 is 11.3 Å². The van der Waals surface area contributed by atoms with Crippen LogP contribution in [0.1, 0.15) is 38.1 Å². The number of nitrogens with one attached hydrogen (secondary N) is 1. The number of amides is 2. The highest BCUT2D eigenvalue weighted by atomic mass is 32.1. The lowest BCUT2D eigenvalue weighted by molar-refractivity contribution is 0.0117. The summed E-state index contributed by atoms with van der Waals surface area (Å²) >= 11 is 0.643. The van der Waals surface area contributed by atoms with Crippen LogP contribution in [0.15, 0.2) is 0 Å². The van der Waals surface area contributed by atoms with Crippen molar-refractivity contribution >= 4 is 22.5 Å². The zero-order valence-corrected chi connectivity index (χ0v) is 12.0. The van der Waals surface area contributed by atoms with Crippen molar-refractivity contribution in [1.29, 1.82) is 0 Å². The summed E-state index contributed by atoms with van der Waals surface area (Å²) in [6.45, 7) is 3.80. The fourth-order valence-electron chi connectivity index (χ4n) is 2.28. The van der Waals surface area contributed by atoms with E-state index in [1.807, 2.05) is 0 Å². The minimum Gasteiger partial charge on any atom is -0.388 e. The Labute approximate surface area is 118 Å². The van der Waals surface area contributed by atoms with Crippen LogP contribution in [0.4, 0.5) is 18.7 Å². The van der Waals surface area contributed by atoms with Gasteiger partial charge in [-0.05, 0) is 26.7 Å². The Morgan fingerprint density at radius 2 is 2.25 bits per heavy atom. The maximum absolute atomic E-state index is 12.4. The summed E-state index contributed by atoms with van der Waals surface area (Å²) in [6, 6.07) is -0.753. The fraction of sp³-hybridized carbons (Fsp3) is 0.727. The number of alkyl halides is 2. The average Bonchev–Trinajstić information content (AvgIpc) is 2.95. The first kappa shape index (κ1) is 15.0. The van der Waals surface area contributed by atoms with Crippen molar-refractivity contribution in [1.82, 2.24) is 15.1 Å². The molecule has 2 rings (SSSR count). The Kier molecular flexibility index (Phi) is 4.19. The van der Waals surface area contributed by atoms with Gasteiger partial charge < -0.3 is 10.0 Å². The van der Waals surface area contributed by atoms with Crippen molar-refractivity contribution in [2.75, 3.05) is 11.9 Å². The molecule has 20 heavy (non-hydrogen) atoms. The van der Waals surface area contributed by atoms with Crippen molar-refractivity contribution in [2.24, 2.45) is 0 Å². The van der Waals surface area contributed by atoms with Crippen molar-refractivity contribution in [3.63, 3.8) is 0 Å². The zero-order valence-electron chi connectivity index (χ0n) is 11.1. The number of rotatable bonds is 3. The number of carbonyl (C=O) groups is 1. The van der Waals surface area contributed by atoms with E-state index in [-0.39, 0.29) is 11.2 Å². The Morgan fingerprint density at radius 3 is 2.80 bits per heavy atom. The van der Waals surface area contributed by atoms with E-state index in [1.54, 1.807) is 13.8 Å². The summed E-state index contributed by atoms with van der Waals surface area (Å²) in [7, 11) is 0. The van der Waals surface area contributed by atoms with Crippen LogP contribution in [0.2, 0.25) is 0 Å². The van der Waals surface area contributed by atoms with Crippen LogP contribution in [0.5, 0.6) is 0 Å². The molecule has 1 aromatic rings. The van der Waals surface area contributed by atoms with E-state index in [0.717, 1.165) is 6.42 Å². The van der Waals surface area contributed by atoms with E-state index >= 15 is 0 Å². The highest BCUT2D eigenvalue weighted by Gasteiger charge is 2.38. The minimum atomic E-state index is -2.70. The number of hydrogen-bond acceptors (Lipinski definition) is 5. The van der Waals surface area contributed by atoms with Crippen LogP contribution in [0.3, 0.4) is 0 Å². The second-order valence-corrected chi connectivity index (χ2v) is 6.19. The molecule has 1 atom stereocenters. The Morgan fingerprint density at radius 1 is 1.55 bits per heavy atom. The monoisotopic (exact) mass is 306 g/mol. The van der Waals surface area contributed by atoms with Gasteiger partial charge in [-0.15, -0.1) is 10.2 Å². The number of urea groups is 1. The first-order valence-corrected chi connectivity index (χ1v) is 7.02. The Hall–Kier alpha value is -1.35. The number of halogens is 2. The first-order chi connectivity index (χ1) is 9.29. The van der Waals surface area contributed by atoms with Crippen LogP contribution in [0.25, 0.3) is 0 Å². The molecule has 1 unspecified atom stereocenters. The molecule has 6 nitrogen and oxygen atoms in total. The second-order valence-electron chi connectivity index (χ2n) is 5.18. The summed E-state index contributed by atoms with van der Waals surface area (Å²) in [6.07, 6.45) is -1.20. The van der Waals surface area contributed by atoms with Crippen LogP contribution in [-0.4, -0.2) is 44.4 Å². The predicted octanol–water partition coefficient (Wildman–Crippen LogP) is 2.24. The fourth-order valence-corrected chi connectivity index (χ4v) is 2.87. The molecule has 2 heterocycles. The van der Waals surface area contributed by atoms with Gasteiger partial charge in [0, 0.05) is 6.54 Å². The van der Waals surface area contributed by atoms with E-state index in [2.05, 4.69) is 15.5 Å². The summed E-state index contributed by atoms with van der Waals surface area (Å²) in [5.74, 6) is 0. The van der Waals surface area contributed by atoms with Gasteiger partial charge in [-0.1, -0.05) is 11.3 Å². The average molecular weight is 306 g/mol. The van der Waals surface area contributed by atoms with Gasteiger partial charge >= 0.3 is 6.03 Å². The highest BCUT2D eigenvalue weighted by molar-refractivity contribution is 7.15. The van der Waals surface area contributed by atoms with Gasteiger partial charge in [0.15, 0.2) is 5.01 Å². The topological polar surface area (TPSA) is 78.4 Å².